The molecule has 2 aliphatic rings. The molecule has 1 aromatic rings. The first kappa shape index (κ1) is 8.41. The number of nitrogens with zero attached hydrogens (tertiary/aromatic N) is 1. The number of carbonyl (C=O) groups excluding carboxylic acids is 1. The second-order valence-electron chi connectivity index (χ2n) is 3.70. The molecule has 0 saturated carbocycles. The fraction of sp³-hybridized carbons (Fsp3) is 0.167. The Morgan fingerprint density at radius 3 is 3.13 bits per heavy atom. The zero-order chi connectivity index (χ0) is 10.3. The number of carbonyl (C=O) groups is 1. The lowest BCUT2D eigenvalue weighted by molar-refractivity contribution is -0.115. The number of hydrogen-bond donors (Lipinski definition) is 0. The number of rotatable bonds is 1. The summed E-state index contributed by atoms with van der Waals surface area (Å²) >= 11 is 0. The van der Waals surface area contributed by atoms with Crippen molar-refractivity contribution >= 4 is 18.2 Å². The first-order valence-corrected chi connectivity index (χ1v) is 4.80. The molecule has 0 bridgehead atoms. The summed E-state index contributed by atoms with van der Waals surface area (Å²) in [4.78, 5) is 15.3. The average Bonchev–Trinajstić information content (AvgIpc) is 2.86. The van der Waals surface area contributed by atoms with E-state index >= 15 is 0 Å². The molecular weight excluding hydrogens is 190 g/mol. The van der Waals surface area contributed by atoms with Gasteiger partial charge in [0.15, 0.2) is 12.4 Å². The van der Waals surface area contributed by atoms with Gasteiger partial charge in [-0.05, 0) is 17.7 Å². The third kappa shape index (κ3) is 0.947. The van der Waals surface area contributed by atoms with Crippen molar-refractivity contribution in [3.63, 3.8) is 0 Å². The van der Waals surface area contributed by atoms with Crippen LogP contribution in [0.4, 0.5) is 5.69 Å². The molecule has 0 radical (unpaired) electrons. The third-order valence-corrected chi connectivity index (χ3v) is 2.95. The first-order valence-electron chi connectivity index (χ1n) is 4.80. The van der Waals surface area contributed by atoms with E-state index < -0.39 is 11.5 Å². The summed E-state index contributed by atoms with van der Waals surface area (Å²) in [6.45, 7) is 0. The van der Waals surface area contributed by atoms with Crippen LogP contribution >= 0.6 is 0 Å². The highest BCUT2D eigenvalue weighted by atomic mass is 16.5. The fourth-order valence-corrected chi connectivity index (χ4v) is 2.15. The minimum Gasteiger partial charge on any atom is -0.489 e. The van der Waals surface area contributed by atoms with Crippen LogP contribution in [0, 0.1) is 0 Å². The lowest BCUT2D eigenvalue weighted by atomic mass is 9.79. The van der Waals surface area contributed by atoms with Crippen molar-refractivity contribution in [3.8, 4) is 0 Å². The molecule has 0 saturated heterocycles. The van der Waals surface area contributed by atoms with Gasteiger partial charge in [-0.1, -0.05) is 18.2 Å². The molecule has 0 aromatic heterocycles. The molecule has 1 aromatic carbocycles. The Balaban J connectivity index is 2.20. The largest absolute Gasteiger partial charge is 0.489 e. The summed E-state index contributed by atoms with van der Waals surface area (Å²) in [7, 11) is 0. The highest BCUT2D eigenvalue weighted by molar-refractivity contribution is 5.92. The monoisotopic (exact) mass is 199 g/mol. The van der Waals surface area contributed by atoms with Crippen LogP contribution in [-0.4, -0.2) is 18.6 Å². The number of benzene rings is 1. The molecule has 1 spiro atoms. The van der Waals surface area contributed by atoms with Gasteiger partial charge in [-0.25, -0.2) is 0 Å². The predicted octanol–water partition coefficient (Wildman–Crippen LogP) is 1.75. The van der Waals surface area contributed by atoms with Crippen molar-refractivity contribution in [2.45, 2.75) is 11.5 Å². The minimum absolute atomic E-state index is 0.474. The van der Waals surface area contributed by atoms with Crippen molar-refractivity contribution in [1.29, 1.82) is 0 Å². The van der Waals surface area contributed by atoms with Gasteiger partial charge >= 0.3 is 0 Å². The molecule has 3 rings (SSSR count). The quantitative estimate of drug-likeness (QED) is 0.646. The second kappa shape index (κ2) is 2.79. The van der Waals surface area contributed by atoms with E-state index in [1.54, 1.807) is 12.5 Å². The van der Waals surface area contributed by atoms with Gasteiger partial charge in [-0.2, -0.15) is 0 Å². The van der Waals surface area contributed by atoms with Crippen LogP contribution in [0.25, 0.3) is 0 Å². The Labute approximate surface area is 87.1 Å². The maximum Gasteiger partial charge on any atom is 0.171 e. The van der Waals surface area contributed by atoms with Crippen LogP contribution in [0.15, 0.2) is 41.6 Å². The van der Waals surface area contributed by atoms with Crippen molar-refractivity contribution in [2.75, 3.05) is 0 Å². The van der Waals surface area contributed by atoms with Gasteiger partial charge in [0.05, 0.1) is 17.4 Å². The van der Waals surface area contributed by atoms with Crippen LogP contribution in [-0.2, 0) is 14.9 Å². The molecule has 15 heavy (non-hydrogen) atoms. The summed E-state index contributed by atoms with van der Waals surface area (Å²) in [5.74, 6) is 0. The molecule has 0 amide bonds. The molecule has 74 valence electrons. The van der Waals surface area contributed by atoms with E-state index in [0.29, 0.717) is 0 Å². The van der Waals surface area contributed by atoms with Crippen LogP contribution < -0.4 is 0 Å². The summed E-state index contributed by atoms with van der Waals surface area (Å²) in [5.41, 5.74) is 1.48. The van der Waals surface area contributed by atoms with E-state index in [-0.39, 0.29) is 0 Å². The predicted molar refractivity (Wildman–Crippen MR) is 56.3 cm³/mol. The van der Waals surface area contributed by atoms with Crippen LogP contribution in [0.3, 0.4) is 0 Å². The molecule has 2 aliphatic heterocycles. The van der Waals surface area contributed by atoms with E-state index in [1.807, 2.05) is 30.3 Å². The van der Waals surface area contributed by atoms with Crippen molar-refractivity contribution in [3.05, 3.63) is 42.2 Å². The Hall–Kier alpha value is -1.90. The topological polar surface area (TPSA) is 38.7 Å². The van der Waals surface area contributed by atoms with E-state index in [1.165, 1.54) is 0 Å². The zero-order valence-electron chi connectivity index (χ0n) is 7.96. The normalized spacial score (nSPS) is 30.5. The Morgan fingerprint density at radius 1 is 1.40 bits per heavy atom. The lowest BCUT2D eigenvalue weighted by Gasteiger charge is -2.22. The maximum atomic E-state index is 11.0. The van der Waals surface area contributed by atoms with Gasteiger partial charge in [0.2, 0.25) is 0 Å². The summed E-state index contributed by atoms with van der Waals surface area (Å²) in [6.07, 6.45) is 5.60. The first-order chi connectivity index (χ1) is 7.37. The third-order valence-electron chi connectivity index (χ3n) is 2.95. The number of ether oxygens (including phenoxy) is 1. The van der Waals surface area contributed by atoms with Crippen molar-refractivity contribution in [1.82, 2.24) is 0 Å². The van der Waals surface area contributed by atoms with E-state index in [4.69, 9.17) is 4.74 Å². The molecule has 0 fully saturated rings. The lowest BCUT2D eigenvalue weighted by Crippen LogP contribution is -2.36. The fourth-order valence-electron chi connectivity index (χ4n) is 2.15. The van der Waals surface area contributed by atoms with Crippen molar-refractivity contribution in [2.24, 2.45) is 4.99 Å². The van der Waals surface area contributed by atoms with Crippen molar-refractivity contribution < 1.29 is 9.53 Å². The van der Waals surface area contributed by atoms with Gasteiger partial charge in [-0.15, -0.1) is 0 Å². The van der Waals surface area contributed by atoms with E-state index in [9.17, 15) is 4.79 Å². The average molecular weight is 199 g/mol. The number of para-hydroxylation sites is 1. The zero-order valence-corrected chi connectivity index (χ0v) is 7.96. The molecule has 2 atom stereocenters. The Morgan fingerprint density at radius 2 is 2.27 bits per heavy atom. The van der Waals surface area contributed by atoms with Crippen LogP contribution in [0.2, 0.25) is 0 Å². The molecule has 0 N–H and O–H groups in total. The molecule has 3 nitrogen and oxygen atoms in total. The van der Waals surface area contributed by atoms with Gasteiger partial charge in [0, 0.05) is 6.21 Å². The Bertz CT molecular complexity index is 478. The molecule has 2 heterocycles. The summed E-state index contributed by atoms with van der Waals surface area (Å²) in [5, 5.41) is 0. The van der Waals surface area contributed by atoms with Gasteiger partial charge in [0.1, 0.15) is 0 Å². The van der Waals surface area contributed by atoms with Crippen LogP contribution in [0.5, 0.6) is 0 Å². The minimum atomic E-state index is -0.482. The summed E-state index contributed by atoms with van der Waals surface area (Å²) in [6, 6.07) is 7.81. The number of aliphatic imine (C=N–C) groups is 1. The maximum absolute atomic E-state index is 11.0. The van der Waals surface area contributed by atoms with E-state index in [0.717, 1.165) is 17.5 Å². The Kier molecular flexibility index (Phi) is 1.57. The SMILES string of the molecule is O=CC1OC=CC12C=Nc1ccccc12. The van der Waals surface area contributed by atoms with Gasteiger partial charge in [0.25, 0.3) is 0 Å². The van der Waals surface area contributed by atoms with Gasteiger partial charge in [-0.3, -0.25) is 9.79 Å². The molecular formula is C12H9NO2. The summed E-state index contributed by atoms with van der Waals surface area (Å²) < 4.78 is 5.26. The van der Waals surface area contributed by atoms with Crippen LogP contribution in [0.1, 0.15) is 5.56 Å². The number of aldehydes is 1. The van der Waals surface area contributed by atoms with E-state index in [2.05, 4.69) is 4.99 Å². The molecule has 0 aliphatic carbocycles. The number of fused-ring (bicyclic) bond motifs is 2. The highest BCUT2D eigenvalue weighted by Crippen LogP contribution is 2.43. The highest BCUT2D eigenvalue weighted by Gasteiger charge is 2.45. The standard InChI is InChI=1S/C12H9NO2/c14-7-11-12(5-6-15-11)8-13-10-4-2-1-3-9(10)12/h1-8,11H. The second-order valence-corrected chi connectivity index (χ2v) is 3.70. The molecule has 2 unspecified atom stereocenters. The number of hydrogen-bond acceptors (Lipinski definition) is 3. The van der Waals surface area contributed by atoms with Gasteiger partial charge < -0.3 is 4.74 Å². The smallest absolute Gasteiger partial charge is 0.171 e. The molecule has 3 heteroatoms.